The highest BCUT2D eigenvalue weighted by Gasteiger charge is 2.23. The molecule has 0 saturated heterocycles. The van der Waals surface area contributed by atoms with Crippen molar-refractivity contribution in [1.82, 2.24) is 9.55 Å². The number of methoxy groups -OCH3 is 1. The molecule has 144 valence electrons. The number of carbonyl (C=O) groups excluding carboxylic acids is 1. The number of imidazole rings is 1. The molecule has 0 radical (unpaired) electrons. The molecule has 8 nitrogen and oxygen atoms in total. The third-order valence-corrected chi connectivity index (χ3v) is 4.18. The van der Waals surface area contributed by atoms with Gasteiger partial charge in [-0.25, -0.2) is 9.78 Å². The number of benzene rings is 1. The fourth-order valence-corrected chi connectivity index (χ4v) is 2.94. The minimum Gasteiger partial charge on any atom is -0.491 e. The van der Waals surface area contributed by atoms with Gasteiger partial charge in [-0.3, -0.25) is 4.99 Å². The van der Waals surface area contributed by atoms with Gasteiger partial charge in [0.05, 0.1) is 30.4 Å². The third-order valence-electron chi connectivity index (χ3n) is 4.18. The van der Waals surface area contributed by atoms with Crippen LogP contribution in [0.25, 0.3) is 11.4 Å². The normalized spacial score (nSPS) is 13.8. The SMILES string of the molecule is COC(=O)c1ccc2c(c1)OCCn1cc(C(=NC(C)C)C(C#N)=CN)nc1-2. The molecule has 1 aliphatic heterocycles. The van der Waals surface area contributed by atoms with E-state index in [1.165, 1.54) is 13.3 Å². The van der Waals surface area contributed by atoms with Crippen LogP contribution in [0.1, 0.15) is 29.9 Å². The van der Waals surface area contributed by atoms with Gasteiger partial charge in [-0.2, -0.15) is 5.26 Å². The lowest BCUT2D eigenvalue weighted by molar-refractivity contribution is 0.0600. The van der Waals surface area contributed by atoms with Crippen molar-refractivity contribution in [2.45, 2.75) is 26.4 Å². The van der Waals surface area contributed by atoms with Crippen LogP contribution in [-0.4, -0.2) is 41.0 Å². The molecule has 2 heterocycles. The first-order chi connectivity index (χ1) is 13.5. The van der Waals surface area contributed by atoms with Crippen LogP contribution in [0.5, 0.6) is 5.75 Å². The first-order valence-corrected chi connectivity index (χ1v) is 8.81. The molecule has 0 unspecified atom stereocenters. The Morgan fingerprint density at radius 1 is 1.50 bits per heavy atom. The molecule has 1 aromatic heterocycles. The molecule has 0 bridgehead atoms. The Morgan fingerprint density at radius 3 is 2.93 bits per heavy atom. The quantitative estimate of drug-likeness (QED) is 0.495. The molecular weight excluding hydrogens is 358 g/mol. The van der Waals surface area contributed by atoms with Crippen molar-refractivity contribution in [2.75, 3.05) is 13.7 Å². The molecule has 0 spiro atoms. The highest BCUT2D eigenvalue weighted by molar-refractivity contribution is 6.14. The van der Waals surface area contributed by atoms with E-state index in [0.717, 1.165) is 5.56 Å². The van der Waals surface area contributed by atoms with Gasteiger partial charge in [0.1, 0.15) is 35.7 Å². The van der Waals surface area contributed by atoms with Gasteiger partial charge in [0.15, 0.2) is 0 Å². The lowest BCUT2D eigenvalue weighted by atomic mass is 10.1. The van der Waals surface area contributed by atoms with Crippen molar-refractivity contribution in [1.29, 1.82) is 5.26 Å². The zero-order valence-electron chi connectivity index (χ0n) is 16.0. The number of nitrogens with two attached hydrogens (primary N) is 1. The Balaban J connectivity index is 2.12. The van der Waals surface area contributed by atoms with E-state index in [0.29, 0.717) is 41.7 Å². The third kappa shape index (κ3) is 3.60. The van der Waals surface area contributed by atoms with Gasteiger partial charge in [-0.05, 0) is 32.0 Å². The second-order valence-electron chi connectivity index (χ2n) is 6.46. The zero-order valence-corrected chi connectivity index (χ0v) is 16.0. The van der Waals surface area contributed by atoms with E-state index < -0.39 is 5.97 Å². The molecule has 0 saturated carbocycles. The smallest absolute Gasteiger partial charge is 0.337 e. The summed E-state index contributed by atoms with van der Waals surface area (Å²) in [7, 11) is 1.33. The van der Waals surface area contributed by atoms with Crippen LogP contribution in [0.3, 0.4) is 0 Å². The van der Waals surface area contributed by atoms with Crippen molar-refractivity contribution < 1.29 is 14.3 Å². The lowest BCUT2D eigenvalue weighted by Crippen LogP contribution is -2.10. The molecule has 1 aliphatic rings. The second kappa shape index (κ2) is 7.96. The number of aromatic nitrogens is 2. The number of allylic oxidation sites excluding steroid dienone is 1. The average Bonchev–Trinajstić information content (AvgIpc) is 3.03. The average molecular weight is 379 g/mol. The van der Waals surface area contributed by atoms with E-state index >= 15 is 0 Å². The summed E-state index contributed by atoms with van der Waals surface area (Å²) in [6.45, 7) is 4.82. The van der Waals surface area contributed by atoms with Gasteiger partial charge in [0.2, 0.25) is 0 Å². The predicted molar refractivity (Wildman–Crippen MR) is 104 cm³/mol. The van der Waals surface area contributed by atoms with E-state index in [2.05, 4.69) is 11.1 Å². The minimum atomic E-state index is -0.433. The molecule has 0 atom stereocenters. The van der Waals surface area contributed by atoms with E-state index in [-0.39, 0.29) is 11.6 Å². The van der Waals surface area contributed by atoms with E-state index in [9.17, 15) is 10.1 Å². The molecule has 3 rings (SSSR count). The van der Waals surface area contributed by atoms with Crippen LogP contribution in [0.4, 0.5) is 0 Å². The number of rotatable bonds is 4. The maximum absolute atomic E-state index is 11.8. The lowest BCUT2D eigenvalue weighted by Gasteiger charge is -2.08. The topological polar surface area (TPSA) is 116 Å². The summed E-state index contributed by atoms with van der Waals surface area (Å²) in [5.41, 5.74) is 8.04. The summed E-state index contributed by atoms with van der Waals surface area (Å²) < 4.78 is 12.5. The van der Waals surface area contributed by atoms with Gasteiger partial charge < -0.3 is 19.8 Å². The number of ether oxygens (including phenoxy) is 2. The predicted octanol–water partition coefficient (Wildman–Crippen LogP) is 2.29. The van der Waals surface area contributed by atoms with Gasteiger partial charge >= 0.3 is 5.97 Å². The largest absolute Gasteiger partial charge is 0.491 e. The molecule has 8 heteroatoms. The van der Waals surface area contributed by atoms with E-state index in [4.69, 9.17) is 20.2 Å². The van der Waals surface area contributed by atoms with Gasteiger partial charge in [0.25, 0.3) is 0 Å². The number of nitrogens with zero attached hydrogens (tertiary/aromatic N) is 4. The van der Waals surface area contributed by atoms with Crippen LogP contribution in [0, 0.1) is 11.3 Å². The monoisotopic (exact) mass is 379 g/mol. The van der Waals surface area contributed by atoms with Crippen LogP contribution in [0.15, 0.2) is 41.2 Å². The highest BCUT2D eigenvalue weighted by atomic mass is 16.5. The maximum Gasteiger partial charge on any atom is 0.337 e. The number of carbonyl (C=O) groups is 1. The fraction of sp³-hybridized carbons (Fsp3) is 0.300. The summed E-state index contributed by atoms with van der Waals surface area (Å²) in [6.07, 6.45) is 3.08. The first kappa shape index (κ1) is 19.2. The van der Waals surface area contributed by atoms with Crippen molar-refractivity contribution in [3.63, 3.8) is 0 Å². The van der Waals surface area contributed by atoms with E-state index in [1.807, 2.05) is 24.6 Å². The Bertz CT molecular complexity index is 1010. The van der Waals surface area contributed by atoms with Crippen molar-refractivity contribution in [3.8, 4) is 23.2 Å². The standard InChI is InChI=1S/C20H21N5O3/c1-12(2)23-18(14(9-21)10-22)16-11-25-6-7-28-17-8-13(20(26)27-3)4-5-15(17)19(25)24-16/h4-5,8-9,11-12H,6-7,21H2,1-3H3. The molecule has 1 aromatic carbocycles. The number of hydrogen-bond acceptors (Lipinski definition) is 7. The Kier molecular flexibility index (Phi) is 5.45. The van der Waals surface area contributed by atoms with Crippen LogP contribution < -0.4 is 10.5 Å². The minimum absolute atomic E-state index is 0.0296. The van der Waals surface area contributed by atoms with Crippen molar-refractivity contribution in [3.05, 3.63) is 47.4 Å². The molecule has 28 heavy (non-hydrogen) atoms. The molecular formula is C20H21N5O3. The summed E-state index contributed by atoms with van der Waals surface area (Å²) in [5, 5.41) is 9.40. The zero-order chi connectivity index (χ0) is 20.3. The summed E-state index contributed by atoms with van der Waals surface area (Å²) >= 11 is 0. The summed E-state index contributed by atoms with van der Waals surface area (Å²) in [6, 6.07) is 7.14. The second-order valence-corrected chi connectivity index (χ2v) is 6.46. The Hall–Kier alpha value is -3.60. The number of esters is 1. The van der Waals surface area contributed by atoms with Crippen LogP contribution >= 0.6 is 0 Å². The number of fused-ring (bicyclic) bond motifs is 3. The van der Waals surface area contributed by atoms with Crippen LogP contribution in [0.2, 0.25) is 0 Å². The van der Waals surface area contributed by atoms with E-state index in [1.54, 1.807) is 18.2 Å². The fourth-order valence-electron chi connectivity index (χ4n) is 2.94. The highest BCUT2D eigenvalue weighted by Crippen LogP contribution is 2.33. The Morgan fingerprint density at radius 2 is 2.29 bits per heavy atom. The summed E-state index contributed by atoms with van der Waals surface area (Å²) in [4.78, 5) is 21.0. The van der Waals surface area contributed by atoms with Gasteiger partial charge in [-0.15, -0.1) is 0 Å². The molecule has 0 amide bonds. The number of hydrogen-bond donors (Lipinski definition) is 1. The van der Waals surface area contributed by atoms with Gasteiger partial charge in [0, 0.05) is 18.4 Å². The molecule has 0 fully saturated rings. The molecule has 2 aromatic rings. The Labute approximate surface area is 162 Å². The van der Waals surface area contributed by atoms with Crippen molar-refractivity contribution >= 4 is 11.7 Å². The van der Waals surface area contributed by atoms with Gasteiger partial charge in [-0.1, -0.05) is 0 Å². The molecule has 2 N–H and O–H groups in total. The number of nitriles is 1. The molecule has 0 aliphatic carbocycles. The summed E-state index contributed by atoms with van der Waals surface area (Å²) in [5.74, 6) is 0.790. The number of aliphatic imine (C=N–C) groups is 1. The maximum atomic E-state index is 11.8. The van der Waals surface area contributed by atoms with Crippen molar-refractivity contribution in [2.24, 2.45) is 10.7 Å². The first-order valence-electron chi connectivity index (χ1n) is 8.81. The van der Waals surface area contributed by atoms with Crippen LogP contribution in [-0.2, 0) is 11.3 Å².